The van der Waals surface area contributed by atoms with Gasteiger partial charge in [-0.2, -0.15) is 0 Å². The molecule has 1 unspecified atom stereocenters. The molecular weight excluding hydrogens is 242 g/mol. The van der Waals surface area contributed by atoms with Gasteiger partial charge in [0.25, 0.3) is 0 Å². The molecule has 2 N–H and O–H groups in total. The van der Waals surface area contributed by atoms with E-state index >= 15 is 0 Å². The number of hydrogen-bond donors (Lipinski definition) is 1. The zero-order valence-corrected chi connectivity index (χ0v) is 11.5. The Balaban J connectivity index is 1.88. The maximum atomic E-state index is 5.96. The highest BCUT2D eigenvalue weighted by molar-refractivity contribution is 7.15. The van der Waals surface area contributed by atoms with Crippen molar-refractivity contribution >= 4 is 16.5 Å². The molecule has 0 fully saturated rings. The SMILES string of the molecule is Cc1nc(N2Cc3ccccc3C2)sc1C(C)N. The van der Waals surface area contributed by atoms with Gasteiger partial charge >= 0.3 is 0 Å². The Kier molecular flexibility index (Phi) is 2.84. The maximum absolute atomic E-state index is 5.96. The molecule has 0 amide bonds. The second-order valence-electron chi connectivity index (χ2n) is 4.86. The highest BCUT2D eigenvalue weighted by atomic mass is 32.1. The van der Waals surface area contributed by atoms with E-state index in [-0.39, 0.29) is 6.04 Å². The van der Waals surface area contributed by atoms with E-state index in [1.807, 2.05) is 13.8 Å². The third-order valence-electron chi connectivity index (χ3n) is 3.35. The smallest absolute Gasteiger partial charge is 0.186 e. The average molecular weight is 259 g/mol. The van der Waals surface area contributed by atoms with Crippen molar-refractivity contribution in [3.63, 3.8) is 0 Å². The van der Waals surface area contributed by atoms with Crippen molar-refractivity contribution < 1.29 is 0 Å². The minimum atomic E-state index is 0.0706. The highest BCUT2D eigenvalue weighted by Crippen LogP contribution is 2.34. The van der Waals surface area contributed by atoms with Gasteiger partial charge in [-0.05, 0) is 25.0 Å². The molecular formula is C14H17N3S. The topological polar surface area (TPSA) is 42.2 Å². The fourth-order valence-electron chi connectivity index (χ4n) is 2.42. The van der Waals surface area contributed by atoms with Crippen LogP contribution >= 0.6 is 11.3 Å². The first-order valence-corrected chi connectivity index (χ1v) is 7.01. The first-order valence-electron chi connectivity index (χ1n) is 6.20. The summed E-state index contributed by atoms with van der Waals surface area (Å²) in [6, 6.07) is 8.66. The van der Waals surface area contributed by atoms with E-state index in [0.29, 0.717) is 0 Å². The summed E-state index contributed by atoms with van der Waals surface area (Å²) >= 11 is 1.73. The molecule has 1 atom stereocenters. The molecule has 2 aromatic rings. The number of nitrogens with zero attached hydrogens (tertiary/aromatic N) is 2. The molecule has 1 aliphatic rings. The summed E-state index contributed by atoms with van der Waals surface area (Å²) in [5.41, 5.74) is 9.85. The average Bonchev–Trinajstić information content (AvgIpc) is 2.91. The van der Waals surface area contributed by atoms with Gasteiger partial charge in [0.15, 0.2) is 5.13 Å². The van der Waals surface area contributed by atoms with Crippen LogP contribution in [0.5, 0.6) is 0 Å². The van der Waals surface area contributed by atoms with Crippen LogP contribution < -0.4 is 10.6 Å². The lowest BCUT2D eigenvalue weighted by atomic mass is 10.1. The van der Waals surface area contributed by atoms with Crippen molar-refractivity contribution in [3.05, 3.63) is 46.0 Å². The van der Waals surface area contributed by atoms with E-state index in [4.69, 9.17) is 5.73 Å². The van der Waals surface area contributed by atoms with Gasteiger partial charge in [-0.3, -0.25) is 0 Å². The molecule has 18 heavy (non-hydrogen) atoms. The van der Waals surface area contributed by atoms with Gasteiger partial charge in [-0.1, -0.05) is 35.6 Å². The largest absolute Gasteiger partial charge is 0.339 e. The van der Waals surface area contributed by atoms with Crippen molar-refractivity contribution in [2.24, 2.45) is 5.73 Å². The van der Waals surface area contributed by atoms with E-state index in [1.54, 1.807) is 11.3 Å². The maximum Gasteiger partial charge on any atom is 0.186 e. The Hall–Kier alpha value is -1.39. The summed E-state index contributed by atoms with van der Waals surface area (Å²) in [6.45, 7) is 5.98. The summed E-state index contributed by atoms with van der Waals surface area (Å²) in [7, 11) is 0. The van der Waals surface area contributed by atoms with Crippen LogP contribution in [0.25, 0.3) is 0 Å². The molecule has 0 bridgehead atoms. The van der Waals surface area contributed by atoms with Gasteiger partial charge in [-0.15, -0.1) is 0 Å². The van der Waals surface area contributed by atoms with E-state index < -0.39 is 0 Å². The van der Waals surface area contributed by atoms with Crippen LogP contribution in [0.15, 0.2) is 24.3 Å². The third-order valence-corrected chi connectivity index (χ3v) is 4.77. The Labute approximate surface area is 111 Å². The number of thiazole rings is 1. The molecule has 0 saturated carbocycles. The predicted octanol–water partition coefficient (Wildman–Crippen LogP) is 2.99. The summed E-state index contributed by atoms with van der Waals surface area (Å²) in [6.07, 6.45) is 0. The van der Waals surface area contributed by atoms with Crippen LogP contribution in [0.4, 0.5) is 5.13 Å². The van der Waals surface area contributed by atoms with Gasteiger partial charge in [-0.25, -0.2) is 4.98 Å². The van der Waals surface area contributed by atoms with Gasteiger partial charge in [0.1, 0.15) is 0 Å². The minimum absolute atomic E-state index is 0.0706. The molecule has 2 heterocycles. The van der Waals surface area contributed by atoms with Gasteiger partial charge in [0, 0.05) is 24.0 Å². The van der Waals surface area contributed by atoms with E-state index in [2.05, 4.69) is 34.1 Å². The van der Waals surface area contributed by atoms with Crippen LogP contribution in [0, 0.1) is 6.92 Å². The van der Waals surface area contributed by atoms with Crippen LogP contribution in [0.3, 0.4) is 0 Å². The second kappa shape index (κ2) is 4.37. The first-order chi connectivity index (χ1) is 8.65. The van der Waals surface area contributed by atoms with Crippen molar-refractivity contribution in [2.75, 3.05) is 4.90 Å². The zero-order chi connectivity index (χ0) is 12.7. The standard InChI is InChI=1S/C14H17N3S/c1-9(15)13-10(2)16-14(18-13)17-7-11-5-3-4-6-12(11)8-17/h3-6,9H,7-8,15H2,1-2H3. The molecule has 4 heteroatoms. The third kappa shape index (κ3) is 1.91. The number of aryl methyl sites for hydroxylation is 1. The molecule has 0 spiro atoms. The van der Waals surface area contributed by atoms with Crippen molar-refractivity contribution in [1.29, 1.82) is 0 Å². The number of fused-ring (bicyclic) bond motifs is 1. The molecule has 3 nitrogen and oxygen atoms in total. The van der Waals surface area contributed by atoms with Gasteiger partial charge < -0.3 is 10.6 Å². The quantitative estimate of drug-likeness (QED) is 0.901. The van der Waals surface area contributed by atoms with Crippen LogP contribution in [0.2, 0.25) is 0 Å². The fourth-order valence-corrected chi connectivity index (χ4v) is 3.44. The normalized spacial score (nSPS) is 15.8. The molecule has 0 radical (unpaired) electrons. The predicted molar refractivity (Wildman–Crippen MR) is 75.8 cm³/mol. The van der Waals surface area contributed by atoms with Crippen molar-refractivity contribution in [1.82, 2.24) is 4.98 Å². The second-order valence-corrected chi connectivity index (χ2v) is 5.87. The Morgan fingerprint density at radius 3 is 2.39 bits per heavy atom. The molecule has 1 aromatic carbocycles. The number of hydrogen-bond acceptors (Lipinski definition) is 4. The number of anilines is 1. The number of benzene rings is 1. The Morgan fingerprint density at radius 2 is 1.89 bits per heavy atom. The molecule has 94 valence electrons. The summed E-state index contributed by atoms with van der Waals surface area (Å²) in [5.74, 6) is 0. The lowest BCUT2D eigenvalue weighted by Crippen LogP contribution is -2.13. The van der Waals surface area contributed by atoms with E-state index in [1.165, 1.54) is 16.0 Å². The Morgan fingerprint density at radius 1 is 1.28 bits per heavy atom. The van der Waals surface area contributed by atoms with Crippen LogP contribution in [-0.2, 0) is 13.1 Å². The van der Waals surface area contributed by atoms with E-state index in [0.717, 1.165) is 23.9 Å². The molecule has 1 aliphatic heterocycles. The monoisotopic (exact) mass is 259 g/mol. The summed E-state index contributed by atoms with van der Waals surface area (Å²) < 4.78 is 0. The number of aromatic nitrogens is 1. The van der Waals surface area contributed by atoms with Gasteiger partial charge in [0.05, 0.1) is 5.69 Å². The highest BCUT2D eigenvalue weighted by Gasteiger charge is 2.22. The fraction of sp³-hybridized carbons (Fsp3) is 0.357. The van der Waals surface area contributed by atoms with E-state index in [9.17, 15) is 0 Å². The molecule has 3 rings (SSSR count). The van der Waals surface area contributed by atoms with Crippen LogP contribution in [0.1, 0.15) is 34.7 Å². The number of rotatable bonds is 2. The summed E-state index contributed by atoms with van der Waals surface area (Å²) in [5, 5.41) is 1.09. The first kappa shape index (κ1) is 11.7. The van der Waals surface area contributed by atoms with Crippen LogP contribution in [-0.4, -0.2) is 4.98 Å². The molecule has 1 aromatic heterocycles. The molecule has 0 aliphatic carbocycles. The molecule has 0 saturated heterocycles. The lowest BCUT2D eigenvalue weighted by Gasteiger charge is -2.12. The minimum Gasteiger partial charge on any atom is -0.339 e. The summed E-state index contributed by atoms with van der Waals surface area (Å²) in [4.78, 5) is 8.18. The van der Waals surface area contributed by atoms with Gasteiger partial charge in [0.2, 0.25) is 0 Å². The zero-order valence-electron chi connectivity index (χ0n) is 10.7. The number of nitrogens with two attached hydrogens (primary N) is 1. The lowest BCUT2D eigenvalue weighted by molar-refractivity contribution is 0.823. The Bertz CT molecular complexity index is 549. The van der Waals surface area contributed by atoms with Crippen molar-refractivity contribution in [2.45, 2.75) is 33.0 Å². The van der Waals surface area contributed by atoms with Crippen molar-refractivity contribution in [3.8, 4) is 0 Å².